The number of hydrogen-bond acceptors (Lipinski definition) is 4. The van der Waals surface area contributed by atoms with E-state index in [0.717, 1.165) is 28.6 Å². The standard InChI is InChI=1S/C21H23Cl2N3O/c1-13(2)10-21(3,24)12-27-19-11-26-18(9-17(19)23)14-7-8-25-20-15(14)5-4-6-16(20)22/h4-9,11,13H,10,12,24H2,1-3H3/t21-/m0/s1. The molecule has 0 saturated heterocycles. The Bertz CT molecular complexity index is 957. The molecule has 1 atom stereocenters. The lowest BCUT2D eigenvalue weighted by Gasteiger charge is -2.26. The van der Waals surface area contributed by atoms with Crippen molar-refractivity contribution in [3.05, 3.63) is 52.8 Å². The number of nitrogens with two attached hydrogens (primary N) is 1. The first-order chi connectivity index (χ1) is 12.8. The van der Waals surface area contributed by atoms with Crippen molar-refractivity contribution in [2.45, 2.75) is 32.7 Å². The minimum Gasteiger partial charge on any atom is -0.488 e. The van der Waals surface area contributed by atoms with Crippen LogP contribution in [0.15, 0.2) is 42.7 Å². The highest BCUT2D eigenvalue weighted by Crippen LogP contribution is 2.33. The van der Waals surface area contributed by atoms with Crippen LogP contribution < -0.4 is 10.5 Å². The summed E-state index contributed by atoms with van der Waals surface area (Å²) < 4.78 is 5.85. The number of ether oxygens (including phenoxy) is 1. The van der Waals surface area contributed by atoms with E-state index in [1.165, 1.54) is 0 Å². The molecule has 2 N–H and O–H groups in total. The molecule has 2 heterocycles. The van der Waals surface area contributed by atoms with Crippen molar-refractivity contribution < 1.29 is 4.74 Å². The number of fused-ring (bicyclic) bond motifs is 1. The maximum atomic E-state index is 6.45. The summed E-state index contributed by atoms with van der Waals surface area (Å²) in [5.41, 5.74) is 8.27. The normalized spacial score (nSPS) is 13.7. The third-order valence-corrected chi connectivity index (χ3v) is 4.85. The van der Waals surface area contributed by atoms with Crippen LogP contribution in [0.25, 0.3) is 22.2 Å². The quantitative estimate of drug-likeness (QED) is 0.569. The first-order valence-electron chi connectivity index (χ1n) is 8.88. The number of rotatable bonds is 6. The van der Waals surface area contributed by atoms with Gasteiger partial charge in [0.1, 0.15) is 6.61 Å². The summed E-state index contributed by atoms with van der Waals surface area (Å²) >= 11 is 12.7. The molecule has 0 aliphatic rings. The van der Waals surface area contributed by atoms with Gasteiger partial charge < -0.3 is 10.5 Å². The van der Waals surface area contributed by atoms with Crippen LogP contribution in [0.4, 0.5) is 0 Å². The zero-order chi connectivity index (χ0) is 19.6. The van der Waals surface area contributed by atoms with Gasteiger partial charge in [-0.25, -0.2) is 0 Å². The van der Waals surface area contributed by atoms with Gasteiger partial charge in [-0.1, -0.05) is 49.2 Å². The summed E-state index contributed by atoms with van der Waals surface area (Å²) in [6.45, 7) is 6.63. The summed E-state index contributed by atoms with van der Waals surface area (Å²) in [7, 11) is 0. The minimum atomic E-state index is -0.422. The predicted octanol–water partition coefficient (Wildman–Crippen LogP) is 5.75. The molecule has 27 heavy (non-hydrogen) atoms. The number of halogens is 2. The van der Waals surface area contributed by atoms with Crippen LogP contribution in [0.5, 0.6) is 5.75 Å². The number of pyridine rings is 2. The van der Waals surface area contributed by atoms with Crippen molar-refractivity contribution in [2.24, 2.45) is 11.7 Å². The maximum Gasteiger partial charge on any atom is 0.156 e. The molecule has 0 aliphatic carbocycles. The Morgan fingerprint density at radius 1 is 1.15 bits per heavy atom. The second-order valence-corrected chi connectivity index (χ2v) is 8.35. The highest BCUT2D eigenvalue weighted by molar-refractivity contribution is 6.35. The van der Waals surface area contributed by atoms with E-state index in [4.69, 9.17) is 33.7 Å². The van der Waals surface area contributed by atoms with Crippen molar-refractivity contribution in [1.82, 2.24) is 9.97 Å². The van der Waals surface area contributed by atoms with Gasteiger partial charge in [-0.15, -0.1) is 0 Å². The molecule has 142 valence electrons. The molecule has 0 unspecified atom stereocenters. The molecule has 3 rings (SSSR count). The van der Waals surface area contributed by atoms with Gasteiger partial charge in [0.15, 0.2) is 5.75 Å². The van der Waals surface area contributed by atoms with Crippen LogP contribution in [0.3, 0.4) is 0 Å². The number of nitrogens with zero attached hydrogens (tertiary/aromatic N) is 2. The largest absolute Gasteiger partial charge is 0.488 e. The van der Waals surface area contributed by atoms with Crippen LogP contribution in [-0.2, 0) is 0 Å². The Kier molecular flexibility index (Phi) is 5.89. The first kappa shape index (κ1) is 19.9. The average Bonchev–Trinajstić information content (AvgIpc) is 2.59. The summed E-state index contributed by atoms with van der Waals surface area (Å²) in [4.78, 5) is 8.89. The average molecular weight is 404 g/mol. The van der Waals surface area contributed by atoms with E-state index in [2.05, 4.69) is 23.8 Å². The van der Waals surface area contributed by atoms with Crippen LogP contribution >= 0.6 is 23.2 Å². The zero-order valence-corrected chi connectivity index (χ0v) is 17.2. The third kappa shape index (κ3) is 4.70. The van der Waals surface area contributed by atoms with E-state index in [-0.39, 0.29) is 0 Å². The Labute approximate surface area is 169 Å². The van der Waals surface area contributed by atoms with Crippen molar-refractivity contribution in [3.8, 4) is 17.0 Å². The lowest BCUT2D eigenvalue weighted by Crippen LogP contribution is -2.43. The predicted molar refractivity (Wildman–Crippen MR) is 113 cm³/mol. The van der Waals surface area contributed by atoms with Gasteiger partial charge in [-0.3, -0.25) is 9.97 Å². The molecular formula is C21H23Cl2N3O. The zero-order valence-electron chi connectivity index (χ0n) is 15.7. The molecular weight excluding hydrogens is 381 g/mol. The molecule has 6 heteroatoms. The van der Waals surface area contributed by atoms with E-state index in [0.29, 0.717) is 28.3 Å². The smallest absolute Gasteiger partial charge is 0.156 e. The number of benzene rings is 1. The minimum absolute atomic E-state index is 0.375. The van der Waals surface area contributed by atoms with Crippen molar-refractivity contribution >= 4 is 34.1 Å². The Balaban J connectivity index is 1.87. The van der Waals surface area contributed by atoms with Crippen LogP contribution in [-0.4, -0.2) is 22.1 Å². The van der Waals surface area contributed by atoms with Crippen LogP contribution in [0, 0.1) is 5.92 Å². The maximum absolute atomic E-state index is 6.45. The summed E-state index contributed by atoms with van der Waals surface area (Å²) in [6.07, 6.45) is 4.22. The van der Waals surface area contributed by atoms with E-state index in [9.17, 15) is 0 Å². The fourth-order valence-corrected chi connectivity index (χ4v) is 3.70. The lowest BCUT2D eigenvalue weighted by molar-refractivity contribution is 0.206. The molecule has 0 saturated carbocycles. The monoisotopic (exact) mass is 403 g/mol. The Hall–Kier alpha value is -1.88. The van der Waals surface area contributed by atoms with Gasteiger partial charge in [0.2, 0.25) is 0 Å². The number of aromatic nitrogens is 2. The van der Waals surface area contributed by atoms with Crippen molar-refractivity contribution in [2.75, 3.05) is 6.61 Å². The molecule has 4 nitrogen and oxygen atoms in total. The molecule has 3 aromatic rings. The second-order valence-electron chi connectivity index (χ2n) is 7.54. The molecule has 0 bridgehead atoms. The first-order valence-corrected chi connectivity index (χ1v) is 9.63. The fraction of sp³-hybridized carbons (Fsp3) is 0.333. The molecule has 0 spiro atoms. The van der Waals surface area contributed by atoms with Gasteiger partial charge in [0.25, 0.3) is 0 Å². The van der Waals surface area contributed by atoms with Crippen molar-refractivity contribution in [1.29, 1.82) is 0 Å². The highest BCUT2D eigenvalue weighted by atomic mass is 35.5. The fourth-order valence-electron chi connectivity index (χ4n) is 3.27. The summed E-state index contributed by atoms with van der Waals surface area (Å²) in [5, 5.41) is 2.02. The van der Waals surface area contributed by atoms with Gasteiger partial charge in [-0.2, -0.15) is 0 Å². The summed E-state index contributed by atoms with van der Waals surface area (Å²) in [6, 6.07) is 9.38. The SMILES string of the molecule is CC(C)C[C@](C)(N)COc1cnc(-c2ccnc3c(Cl)cccc23)cc1Cl. The highest BCUT2D eigenvalue weighted by Gasteiger charge is 2.22. The number of para-hydroxylation sites is 1. The van der Waals surface area contributed by atoms with Crippen LogP contribution in [0.2, 0.25) is 10.0 Å². The molecule has 1 aromatic carbocycles. The van der Waals surface area contributed by atoms with E-state index in [1.54, 1.807) is 18.5 Å². The van der Waals surface area contributed by atoms with Gasteiger partial charge in [0, 0.05) is 22.7 Å². The number of hydrogen-bond donors (Lipinski definition) is 1. The Morgan fingerprint density at radius 2 is 1.93 bits per heavy atom. The van der Waals surface area contributed by atoms with E-state index >= 15 is 0 Å². The summed E-state index contributed by atoms with van der Waals surface area (Å²) in [5.74, 6) is 1.02. The molecule has 0 aliphatic heterocycles. The molecule has 0 amide bonds. The Morgan fingerprint density at radius 3 is 2.63 bits per heavy atom. The third-order valence-electron chi connectivity index (χ3n) is 4.25. The van der Waals surface area contributed by atoms with Gasteiger partial charge in [0.05, 0.1) is 27.5 Å². The lowest BCUT2D eigenvalue weighted by atomic mass is 9.93. The van der Waals surface area contributed by atoms with Crippen molar-refractivity contribution in [3.63, 3.8) is 0 Å². The molecule has 0 radical (unpaired) electrons. The molecule has 0 fully saturated rings. The van der Waals surface area contributed by atoms with E-state index in [1.807, 2.05) is 31.2 Å². The van der Waals surface area contributed by atoms with Gasteiger partial charge in [-0.05, 0) is 37.5 Å². The van der Waals surface area contributed by atoms with E-state index < -0.39 is 5.54 Å². The van der Waals surface area contributed by atoms with Crippen LogP contribution in [0.1, 0.15) is 27.2 Å². The molecule has 2 aromatic heterocycles. The second kappa shape index (κ2) is 8.01. The topological polar surface area (TPSA) is 61.0 Å². The van der Waals surface area contributed by atoms with Gasteiger partial charge >= 0.3 is 0 Å².